The number of piperazine rings is 1. The highest BCUT2D eigenvalue weighted by atomic mass is 32.2. The third kappa shape index (κ3) is 4.47. The van der Waals surface area contributed by atoms with Crippen molar-refractivity contribution in [2.24, 2.45) is 0 Å². The molecular formula is C18H28N2O4S2. The Labute approximate surface area is 160 Å². The lowest BCUT2D eigenvalue weighted by Gasteiger charge is -2.34. The van der Waals surface area contributed by atoms with Gasteiger partial charge in [-0.25, -0.2) is 8.42 Å². The second kappa shape index (κ2) is 8.37. The van der Waals surface area contributed by atoms with Crippen molar-refractivity contribution in [1.82, 2.24) is 9.21 Å². The number of hydrogen-bond donors (Lipinski definition) is 0. The number of nitrogens with zero attached hydrogens (tertiary/aromatic N) is 2. The summed E-state index contributed by atoms with van der Waals surface area (Å²) in [6.45, 7) is 5.40. The molecule has 0 N–H and O–H groups in total. The van der Waals surface area contributed by atoms with Crippen LogP contribution in [0.1, 0.15) is 41.9 Å². The fourth-order valence-electron chi connectivity index (χ4n) is 3.69. The van der Waals surface area contributed by atoms with E-state index in [1.165, 1.54) is 34.9 Å². The molecular weight excluding hydrogens is 372 g/mol. The van der Waals surface area contributed by atoms with E-state index in [1.54, 1.807) is 11.0 Å². The van der Waals surface area contributed by atoms with Crippen molar-refractivity contribution in [2.75, 3.05) is 32.8 Å². The van der Waals surface area contributed by atoms with Crippen LogP contribution in [0, 0.1) is 13.8 Å². The van der Waals surface area contributed by atoms with Crippen LogP contribution in [0.15, 0.2) is 11.0 Å². The standard InChI is InChI=1S/C18H28N2O4S2/c1-14-12-17(15(2)25-14)26(22,23)20-10-8-19(9-11-20)18(21)13-24-16-6-4-3-5-7-16/h12,16H,3-11,13H2,1-2H3. The lowest BCUT2D eigenvalue weighted by atomic mass is 9.98. The number of aryl methyl sites for hydroxylation is 2. The molecule has 1 saturated heterocycles. The Kier molecular flexibility index (Phi) is 6.37. The summed E-state index contributed by atoms with van der Waals surface area (Å²) < 4.78 is 32.9. The number of amides is 1. The minimum Gasteiger partial charge on any atom is -0.368 e. The molecule has 1 aliphatic heterocycles. The summed E-state index contributed by atoms with van der Waals surface area (Å²) >= 11 is 1.50. The van der Waals surface area contributed by atoms with Crippen LogP contribution in [-0.2, 0) is 19.6 Å². The zero-order chi connectivity index (χ0) is 18.7. The molecule has 0 bridgehead atoms. The molecule has 2 aliphatic rings. The van der Waals surface area contributed by atoms with Gasteiger partial charge in [-0.3, -0.25) is 4.79 Å². The van der Waals surface area contributed by atoms with Crippen LogP contribution in [0.5, 0.6) is 0 Å². The molecule has 2 fully saturated rings. The van der Waals surface area contributed by atoms with E-state index in [1.807, 2.05) is 13.8 Å². The lowest BCUT2D eigenvalue weighted by molar-refractivity contribution is -0.140. The van der Waals surface area contributed by atoms with Crippen molar-refractivity contribution < 1.29 is 17.9 Å². The molecule has 1 amide bonds. The largest absolute Gasteiger partial charge is 0.368 e. The van der Waals surface area contributed by atoms with Crippen molar-refractivity contribution in [1.29, 1.82) is 0 Å². The van der Waals surface area contributed by atoms with Gasteiger partial charge in [-0.15, -0.1) is 11.3 Å². The van der Waals surface area contributed by atoms with Gasteiger partial charge in [0.1, 0.15) is 6.61 Å². The minimum atomic E-state index is -3.48. The highest BCUT2D eigenvalue weighted by Gasteiger charge is 2.32. The third-order valence-corrected chi connectivity index (χ3v) is 8.32. The molecule has 1 aromatic rings. The molecule has 1 aliphatic carbocycles. The first-order valence-corrected chi connectivity index (χ1v) is 11.6. The second-order valence-electron chi connectivity index (χ2n) is 7.13. The van der Waals surface area contributed by atoms with Crippen LogP contribution in [-0.4, -0.2) is 62.4 Å². The van der Waals surface area contributed by atoms with E-state index in [2.05, 4.69) is 0 Å². The summed E-state index contributed by atoms with van der Waals surface area (Å²) in [7, 11) is -3.48. The molecule has 0 atom stereocenters. The third-order valence-electron chi connectivity index (χ3n) is 5.20. The fraction of sp³-hybridized carbons (Fsp3) is 0.722. The molecule has 8 heteroatoms. The van der Waals surface area contributed by atoms with Gasteiger partial charge in [-0.1, -0.05) is 19.3 Å². The Balaban J connectivity index is 1.52. The zero-order valence-corrected chi connectivity index (χ0v) is 17.2. The van der Waals surface area contributed by atoms with E-state index < -0.39 is 10.0 Å². The van der Waals surface area contributed by atoms with Gasteiger partial charge >= 0.3 is 0 Å². The van der Waals surface area contributed by atoms with Crippen LogP contribution in [0.25, 0.3) is 0 Å². The van der Waals surface area contributed by atoms with Gasteiger partial charge in [-0.05, 0) is 32.8 Å². The normalized spacial score (nSPS) is 20.5. The van der Waals surface area contributed by atoms with Crippen molar-refractivity contribution >= 4 is 27.3 Å². The molecule has 26 heavy (non-hydrogen) atoms. The Hall–Kier alpha value is -0.960. The summed E-state index contributed by atoms with van der Waals surface area (Å²) in [5.74, 6) is -0.0322. The number of carbonyl (C=O) groups excluding carboxylic acids is 1. The van der Waals surface area contributed by atoms with E-state index in [4.69, 9.17) is 4.74 Å². The van der Waals surface area contributed by atoms with Gasteiger partial charge in [-0.2, -0.15) is 4.31 Å². The van der Waals surface area contributed by atoms with E-state index in [9.17, 15) is 13.2 Å². The first kappa shape index (κ1) is 19.8. The number of thiophene rings is 1. The van der Waals surface area contributed by atoms with Crippen molar-refractivity contribution in [3.05, 3.63) is 15.8 Å². The molecule has 0 spiro atoms. The lowest BCUT2D eigenvalue weighted by Crippen LogP contribution is -2.51. The van der Waals surface area contributed by atoms with Crippen LogP contribution < -0.4 is 0 Å². The molecule has 0 radical (unpaired) electrons. The smallest absolute Gasteiger partial charge is 0.248 e. The molecule has 1 saturated carbocycles. The number of carbonyl (C=O) groups is 1. The van der Waals surface area contributed by atoms with Gasteiger partial charge in [0.05, 0.1) is 11.0 Å². The van der Waals surface area contributed by atoms with Crippen LogP contribution >= 0.6 is 11.3 Å². The van der Waals surface area contributed by atoms with Gasteiger partial charge in [0.2, 0.25) is 15.9 Å². The highest BCUT2D eigenvalue weighted by molar-refractivity contribution is 7.89. The number of rotatable bonds is 5. The average molecular weight is 401 g/mol. The monoisotopic (exact) mass is 400 g/mol. The van der Waals surface area contributed by atoms with E-state index in [-0.39, 0.29) is 18.6 Å². The topological polar surface area (TPSA) is 66.9 Å². The predicted octanol–water partition coefficient (Wildman–Crippen LogP) is 2.55. The second-order valence-corrected chi connectivity index (χ2v) is 10.5. The quantitative estimate of drug-likeness (QED) is 0.762. The SMILES string of the molecule is Cc1cc(S(=O)(=O)N2CCN(C(=O)COC3CCCCC3)CC2)c(C)s1. The molecule has 1 aromatic heterocycles. The Morgan fingerprint density at radius 3 is 2.38 bits per heavy atom. The number of ether oxygens (including phenoxy) is 1. The Morgan fingerprint density at radius 2 is 1.81 bits per heavy atom. The van der Waals surface area contributed by atoms with Gasteiger partial charge in [0.25, 0.3) is 0 Å². The summed E-state index contributed by atoms with van der Waals surface area (Å²) in [6.07, 6.45) is 5.90. The maximum Gasteiger partial charge on any atom is 0.248 e. The molecule has 2 heterocycles. The summed E-state index contributed by atoms with van der Waals surface area (Å²) in [4.78, 5) is 16.3. The zero-order valence-electron chi connectivity index (χ0n) is 15.6. The van der Waals surface area contributed by atoms with Gasteiger partial charge in [0.15, 0.2) is 0 Å². The maximum absolute atomic E-state index is 12.8. The van der Waals surface area contributed by atoms with Gasteiger partial charge in [0, 0.05) is 35.9 Å². The molecule has 0 unspecified atom stereocenters. The van der Waals surface area contributed by atoms with E-state index in [0.717, 1.165) is 22.6 Å². The maximum atomic E-state index is 12.8. The van der Waals surface area contributed by atoms with Crippen molar-refractivity contribution in [3.8, 4) is 0 Å². The van der Waals surface area contributed by atoms with Gasteiger partial charge < -0.3 is 9.64 Å². The van der Waals surface area contributed by atoms with Crippen LogP contribution in [0.4, 0.5) is 0 Å². The molecule has 146 valence electrons. The van der Waals surface area contributed by atoms with Crippen LogP contribution in [0.3, 0.4) is 0 Å². The highest BCUT2D eigenvalue weighted by Crippen LogP contribution is 2.28. The number of hydrogen-bond acceptors (Lipinski definition) is 5. The molecule has 3 rings (SSSR count). The van der Waals surface area contributed by atoms with Crippen LogP contribution in [0.2, 0.25) is 0 Å². The average Bonchev–Trinajstić information content (AvgIpc) is 2.99. The fourth-order valence-corrected chi connectivity index (χ4v) is 6.64. The van der Waals surface area contributed by atoms with E-state index in [0.29, 0.717) is 31.1 Å². The number of sulfonamides is 1. The molecule has 0 aromatic carbocycles. The van der Waals surface area contributed by atoms with Crippen molar-refractivity contribution in [3.63, 3.8) is 0 Å². The summed E-state index contributed by atoms with van der Waals surface area (Å²) in [6, 6.07) is 1.74. The molecule has 6 nitrogen and oxygen atoms in total. The first-order chi connectivity index (χ1) is 12.4. The summed E-state index contributed by atoms with van der Waals surface area (Å²) in [5.41, 5.74) is 0. The minimum absolute atomic E-state index is 0.0322. The van der Waals surface area contributed by atoms with Crippen molar-refractivity contribution in [2.45, 2.75) is 57.0 Å². The predicted molar refractivity (Wildman–Crippen MR) is 102 cm³/mol. The Bertz CT molecular complexity index is 730. The summed E-state index contributed by atoms with van der Waals surface area (Å²) in [5, 5.41) is 0. The first-order valence-electron chi connectivity index (χ1n) is 9.34. The Morgan fingerprint density at radius 1 is 1.15 bits per heavy atom. The van der Waals surface area contributed by atoms with E-state index >= 15 is 0 Å².